The topological polar surface area (TPSA) is 30.7 Å². The summed E-state index contributed by atoms with van der Waals surface area (Å²) >= 11 is 7.46. The maximum atomic E-state index is 5.67. The lowest BCUT2D eigenvalue weighted by atomic mass is 10.6. The lowest BCUT2D eigenvalue weighted by molar-refractivity contribution is 0.729. The molecule has 0 aliphatic rings. The highest BCUT2D eigenvalue weighted by Crippen LogP contribution is 2.16. The van der Waals surface area contributed by atoms with E-state index in [0.29, 0.717) is 11.1 Å². The van der Waals surface area contributed by atoms with Crippen LogP contribution in [-0.2, 0) is 12.8 Å². The van der Waals surface area contributed by atoms with Gasteiger partial charge in [-0.25, -0.2) is 4.98 Å². The van der Waals surface area contributed by atoms with Crippen LogP contribution in [0.5, 0.6) is 0 Å². The Hall–Kier alpha value is -0.220. The van der Waals surface area contributed by atoms with Crippen LogP contribution in [0, 0.1) is 0 Å². The number of aryl methyl sites for hydroxylation is 1. The number of halogens is 1. The number of nitrogens with zero attached hydrogens (tertiary/aromatic N) is 3. The van der Waals surface area contributed by atoms with Crippen LogP contribution >= 0.6 is 23.4 Å². The molecule has 0 fully saturated rings. The maximum Gasteiger partial charge on any atom is 0.138 e. The Bertz CT molecular complexity index is 238. The smallest absolute Gasteiger partial charge is 0.138 e. The van der Waals surface area contributed by atoms with Crippen molar-refractivity contribution in [1.29, 1.82) is 0 Å². The van der Waals surface area contributed by atoms with Crippen molar-refractivity contribution in [2.24, 2.45) is 7.05 Å². The summed E-state index contributed by atoms with van der Waals surface area (Å²) in [5.41, 5.74) is 0. The lowest BCUT2D eigenvalue weighted by Gasteiger charge is -2.05. The molecule has 0 spiro atoms. The largest absolute Gasteiger partial charge is 0.252 e. The monoisotopic (exact) mass is 205 g/mol. The fraction of sp³-hybridized carbons (Fsp3) is 0.714. The van der Waals surface area contributed by atoms with Gasteiger partial charge >= 0.3 is 0 Å². The van der Waals surface area contributed by atoms with Crippen molar-refractivity contribution in [3.05, 3.63) is 12.2 Å². The Kier molecular flexibility index (Phi) is 3.88. The van der Waals surface area contributed by atoms with Crippen LogP contribution in [0.25, 0.3) is 0 Å². The number of hydrogen-bond acceptors (Lipinski definition) is 3. The molecule has 1 rings (SSSR count). The standard InChI is InChI=1S/C7H12ClN3S/c1-6(3-8)12-4-7-9-5-10-11(7)2/h5-6H,3-4H2,1-2H3. The molecule has 3 nitrogen and oxygen atoms in total. The minimum absolute atomic E-state index is 0.475. The molecule has 0 amide bonds. The van der Waals surface area contributed by atoms with Crippen LogP contribution in [0.4, 0.5) is 0 Å². The number of aromatic nitrogens is 3. The van der Waals surface area contributed by atoms with E-state index >= 15 is 0 Å². The average Bonchev–Trinajstić information content (AvgIpc) is 2.47. The van der Waals surface area contributed by atoms with Crippen LogP contribution < -0.4 is 0 Å². The molecule has 0 aliphatic carbocycles. The molecule has 0 saturated heterocycles. The molecule has 1 aromatic heterocycles. The summed E-state index contributed by atoms with van der Waals surface area (Å²) in [4.78, 5) is 4.11. The van der Waals surface area contributed by atoms with Gasteiger partial charge in [-0.05, 0) is 0 Å². The van der Waals surface area contributed by atoms with Crippen molar-refractivity contribution < 1.29 is 0 Å². The van der Waals surface area contributed by atoms with E-state index in [-0.39, 0.29) is 0 Å². The summed E-state index contributed by atoms with van der Waals surface area (Å²) in [6.45, 7) is 2.11. The first kappa shape index (κ1) is 9.86. The first-order valence-electron chi connectivity index (χ1n) is 3.74. The molecule has 68 valence electrons. The summed E-state index contributed by atoms with van der Waals surface area (Å²) in [5, 5.41) is 4.45. The average molecular weight is 206 g/mol. The van der Waals surface area contributed by atoms with Gasteiger partial charge in [0.1, 0.15) is 12.2 Å². The van der Waals surface area contributed by atoms with Crippen molar-refractivity contribution in [3.8, 4) is 0 Å². The predicted molar refractivity (Wildman–Crippen MR) is 52.5 cm³/mol. The molecule has 0 bridgehead atoms. The van der Waals surface area contributed by atoms with Gasteiger partial charge in [-0.1, -0.05) is 6.92 Å². The van der Waals surface area contributed by atoms with Gasteiger partial charge in [0, 0.05) is 18.2 Å². The lowest BCUT2D eigenvalue weighted by Crippen LogP contribution is -2.02. The second kappa shape index (κ2) is 4.72. The van der Waals surface area contributed by atoms with Gasteiger partial charge in [-0.3, -0.25) is 4.68 Å². The van der Waals surface area contributed by atoms with Crippen molar-refractivity contribution in [1.82, 2.24) is 14.8 Å². The van der Waals surface area contributed by atoms with E-state index in [2.05, 4.69) is 17.0 Å². The number of alkyl halides is 1. The molecular weight excluding hydrogens is 194 g/mol. The van der Waals surface area contributed by atoms with Gasteiger partial charge in [0.15, 0.2) is 0 Å². The maximum absolute atomic E-state index is 5.67. The first-order valence-corrected chi connectivity index (χ1v) is 5.32. The molecule has 1 heterocycles. The first-order chi connectivity index (χ1) is 5.74. The molecule has 0 saturated carbocycles. The van der Waals surface area contributed by atoms with E-state index in [1.165, 1.54) is 0 Å². The minimum Gasteiger partial charge on any atom is -0.252 e. The molecule has 1 aromatic rings. The number of thioether (sulfide) groups is 1. The molecule has 1 atom stereocenters. The Balaban J connectivity index is 2.38. The Morgan fingerprint density at radius 1 is 1.75 bits per heavy atom. The highest BCUT2D eigenvalue weighted by atomic mass is 35.5. The Morgan fingerprint density at radius 2 is 2.50 bits per heavy atom. The zero-order valence-electron chi connectivity index (χ0n) is 7.20. The summed E-state index contributed by atoms with van der Waals surface area (Å²) in [6, 6.07) is 0. The second-order valence-electron chi connectivity index (χ2n) is 2.58. The van der Waals surface area contributed by atoms with Crippen LogP contribution in [0.2, 0.25) is 0 Å². The Morgan fingerprint density at radius 3 is 3.00 bits per heavy atom. The molecule has 0 aliphatic heterocycles. The zero-order valence-corrected chi connectivity index (χ0v) is 8.77. The van der Waals surface area contributed by atoms with E-state index in [1.807, 2.05) is 7.05 Å². The summed E-state index contributed by atoms with van der Waals surface area (Å²) in [6.07, 6.45) is 1.57. The molecule has 0 radical (unpaired) electrons. The predicted octanol–water partition coefficient (Wildman–Crippen LogP) is 1.68. The highest BCUT2D eigenvalue weighted by molar-refractivity contribution is 7.99. The molecule has 0 N–H and O–H groups in total. The van der Waals surface area contributed by atoms with Gasteiger partial charge in [0.25, 0.3) is 0 Å². The van der Waals surface area contributed by atoms with Crippen LogP contribution in [0.15, 0.2) is 6.33 Å². The third-order valence-corrected chi connectivity index (χ3v) is 3.33. The number of rotatable bonds is 4. The molecule has 5 heteroatoms. The zero-order chi connectivity index (χ0) is 8.97. The normalized spacial score (nSPS) is 13.2. The van der Waals surface area contributed by atoms with Crippen molar-refractivity contribution in [3.63, 3.8) is 0 Å². The summed E-state index contributed by atoms with van der Waals surface area (Å²) in [7, 11) is 1.90. The van der Waals surface area contributed by atoms with E-state index < -0.39 is 0 Å². The summed E-state index contributed by atoms with van der Waals surface area (Å²) in [5.74, 6) is 2.56. The van der Waals surface area contributed by atoms with Gasteiger partial charge in [0.2, 0.25) is 0 Å². The number of hydrogen-bond donors (Lipinski definition) is 0. The van der Waals surface area contributed by atoms with E-state index in [1.54, 1.807) is 22.8 Å². The second-order valence-corrected chi connectivity index (χ2v) is 4.31. The van der Waals surface area contributed by atoms with Crippen molar-refractivity contribution >= 4 is 23.4 Å². The fourth-order valence-corrected chi connectivity index (χ4v) is 1.76. The third-order valence-electron chi connectivity index (χ3n) is 1.52. The minimum atomic E-state index is 0.475. The van der Waals surface area contributed by atoms with Gasteiger partial charge < -0.3 is 0 Å². The van der Waals surface area contributed by atoms with E-state index in [4.69, 9.17) is 11.6 Å². The van der Waals surface area contributed by atoms with Gasteiger partial charge in [0.05, 0.1) is 5.75 Å². The molecular formula is C7H12ClN3S. The van der Waals surface area contributed by atoms with Gasteiger partial charge in [-0.2, -0.15) is 5.10 Å². The SMILES string of the molecule is CC(CCl)SCc1ncnn1C. The third kappa shape index (κ3) is 2.68. The van der Waals surface area contributed by atoms with Crippen molar-refractivity contribution in [2.75, 3.05) is 5.88 Å². The summed E-state index contributed by atoms with van der Waals surface area (Å²) < 4.78 is 1.79. The highest BCUT2D eigenvalue weighted by Gasteiger charge is 2.04. The van der Waals surface area contributed by atoms with E-state index in [0.717, 1.165) is 11.6 Å². The van der Waals surface area contributed by atoms with Gasteiger partial charge in [-0.15, -0.1) is 23.4 Å². The van der Waals surface area contributed by atoms with Crippen LogP contribution in [-0.4, -0.2) is 25.9 Å². The fourth-order valence-electron chi connectivity index (χ4n) is 0.712. The van der Waals surface area contributed by atoms with E-state index in [9.17, 15) is 0 Å². The molecule has 0 aromatic carbocycles. The quantitative estimate of drug-likeness (QED) is 0.701. The Labute approximate surface area is 81.5 Å². The van der Waals surface area contributed by atoms with Crippen molar-refractivity contribution in [2.45, 2.75) is 17.9 Å². The molecule has 1 unspecified atom stereocenters. The van der Waals surface area contributed by atoms with Crippen LogP contribution in [0.1, 0.15) is 12.7 Å². The van der Waals surface area contributed by atoms with Crippen LogP contribution in [0.3, 0.4) is 0 Å². The molecule has 12 heavy (non-hydrogen) atoms.